The topological polar surface area (TPSA) is 288 Å². The standard InChI is InChI=1S/C62H63ClN16O5/c1-37-42(29-64)10-6-13-46(37)53-28-54(74-62(65)73-53)55-36-79(76-75-55)35-44-11-7-16-49(70-44)39(3)77-27-23-43(34-77)58(80)67-25-24-66-30-40-19-21-51(68-31-40)59(81)71-48-15-8-12-45(38(48)2)47-14-9-17-50(57(47)63)72-60(82)52-22-20-41(32-69-52)33-78-26-5-4-18-56(78)61(83)84/h6-17,19-22,28,31-32,36,39,43,56,66H,4-5,18,23-27,30,33-35H2,1-3H3,(H,67,80)(H,71,81)(H,72,82)(H,83,84)(H2,65,73,74)/t39?,43?,56-/m0/s1. The number of piperidine rings is 1. The lowest BCUT2D eigenvalue weighted by Crippen LogP contribution is -2.44. The number of benzene rings is 3. The number of pyridine rings is 3. The van der Waals surface area contributed by atoms with E-state index in [2.05, 4.69) is 69.4 Å². The third-order valence-corrected chi connectivity index (χ3v) is 15.8. The first-order valence-corrected chi connectivity index (χ1v) is 28.2. The van der Waals surface area contributed by atoms with Gasteiger partial charge in [-0.2, -0.15) is 5.26 Å². The van der Waals surface area contributed by atoms with E-state index in [1.54, 1.807) is 71.8 Å². The Labute approximate surface area is 490 Å². The first kappa shape index (κ1) is 57.9. The summed E-state index contributed by atoms with van der Waals surface area (Å²) >= 11 is 6.94. The zero-order valence-electron chi connectivity index (χ0n) is 46.7. The maximum absolute atomic E-state index is 13.5. The second kappa shape index (κ2) is 26.3. The van der Waals surface area contributed by atoms with Crippen molar-refractivity contribution in [3.8, 4) is 39.8 Å². The largest absolute Gasteiger partial charge is 0.480 e. The average molecular weight is 1150 g/mol. The number of hydrogen-bond acceptors (Lipinski definition) is 16. The number of hydrogen-bond donors (Lipinski definition) is 6. The Hall–Kier alpha value is -9.33. The van der Waals surface area contributed by atoms with Crippen LogP contribution in [0.3, 0.4) is 0 Å². The van der Waals surface area contributed by atoms with Gasteiger partial charge in [-0.3, -0.25) is 43.9 Å². The molecule has 22 heteroatoms. The molecule has 84 heavy (non-hydrogen) atoms. The molecular weight excluding hydrogens is 1080 g/mol. The molecule has 2 saturated heterocycles. The van der Waals surface area contributed by atoms with Gasteiger partial charge >= 0.3 is 5.97 Å². The van der Waals surface area contributed by atoms with Crippen LogP contribution in [0.15, 0.2) is 122 Å². The highest BCUT2D eigenvalue weighted by Gasteiger charge is 2.32. The molecule has 0 spiro atoms. The van der Waals surface area contributed by atoms with Crippen molar-refractivity contribution in [2.75, 3.05) is 49.1 Å². The second-order valence-electron chi connectivity index (χ2n) is 21.0. The summed E-state index contributed by atoms with van der Waals surface area (Å²) in [5.41, 5.74) is 16.8. The number of nitrogens with zero attached hydrogens (tertiary/aromatic N) is 11. The Morgan fingerprint density at radius 1 is 0.762 bits per heavy atom. The molecule has 2 aliphatic rings. The number of halogens is 1. The fraction of sp³-hybridized carbons (Fsp3) is 0.290. The second-order valence-corrected chi connectivity index (χ2v) is 21.4. The highest BCUT2D eigenvalue weighted by molar-refractivity contribution is 6.36. The minimum Gasteiger partial charge on any atom is -0.480 e. The summed E-state index contributed by atoms with van der Waals surface area (Å²) in [6.45, 7) is 10.2. The number of nitriles is 1. The van der Waals surface area contributed by atoms with Crippen molar-refractivity contribution in [3.63, 3.8) is 0 Å². The van der Waals surface area contributed by atoms with E-state index >= 15 is 0 Å². The van der Waals surface area contributed by atoms with E-state index in [1.807, 2.05) is 73.3 Å². The number of anilines is 3. The van der Waals surface area contributed by atoms with Gasteiger partial charge in [-0.1, -0.05) is 77.8 Å². The molecule has 0 bridgehead atoms. The molecule has 3 amide bonds. The lowest BCUT2D eigenvalue weighted by molar-refractivity contribution is -0.144. The number of aromatic nitrogens is 8. The van der Waals surface area contributed by atoms with Gasteiger partial charge in [0.1, 0.15) is 23.1 Å². The van der Waals surface area contributed by atoms with Crippen LogP contribution in [0.2, 0.25) is 5.02 Å². The van der Waals surface area contributed by atoms with Crippen molar-refractivity contribution in [3.05, 3.63) is 177 Å². The quantitative estimate of drug-likeness (QED) is 0.0392. The smallest absolute Gasteiger partial charge is 0.320 e. The van der Waals surface area contributed by atoms with Gasteiger partial charge < -0.3 is 32.1 Å². The van der Waals surface area contributed by atoms with E-state index in [-0.39, 0.29) is 41.1 Å². The number of likely N-dealkylation sites (tertiary alicyclic amines) is 2. The number of rotatable bonds is 20. The van der Waals surface area contributed by atoms with Crippen LogP contribution in [-0.2, 0) is 29.2 Å². The van der Waals surface area contributed by atoms with Crippen molar-refractivity contribution in [1.29, 1.82) is 5.26 Å². The van der Waals surface area contributed by atoms with Gasteiger partial charge in [-0.25, -0.2) is 14.6 Å². The number of aliphatic carboxylic acids is 1. The average Bonchev–Trinajstić information content (AvgIpc) is 4.31. The van der Waals surface area contributed by atoms with Crippen LogP contribution in [0.4, 0.5) is 17.3 Å². The van der Waals surface area contributed by atoms with Crippen LogP contribution in [-0.4, -0.2) is 117 Å². The Kier molecular flexibility index (Phi) is 18.1. The van der Waals surface area contributed by atoms with Crippen molar-refractivity contribution < 1.29 is 24.3 Å². The van der Waals surface area contributed by atoms with Crippen LogP contribution in [0, 0.1) is 31.1 Å². The molecule has 0 saturated carbocycles. The first-order valence-electron chi connectivity index (χ1n) is 27.8. The number of carbonyl (C=O) groups is 4. The maximum Gasteiger partial charge on any atom is 0.320 e. The summed E-state index contributed by atoms with van der Waals surface area (Å²) in [6, 6.07) is 32.6. The molecule has 2 unspecified atom stereocenters. The van der Waals surface area contributed by atoms with E-state index in [0.717, 1.165) is 70.6 Å². The number of nitrogens with one attached hydrogen (secondary N) is 4. The predicted octanol–water partition coefficient (Wildman–Crippen LogP) is 8.26. The number of carbonyl (C=O) groups excluding carboxylic acids is 3. The molecule has 7 N–H and O–H groups in total. The Bertz CT molecular complexity index is 3780. The van der Waals surface area contributed by atoms with Crippen molar-refractivity contribution in [2.45, 2.75) is 78.2 Å². The van der Waals surface area contributed by atoms with Crippen LogP contribution in [0.1, 0.15) is 98.8 Å². The van der Waals surface area contributed by atoms with Crippen LogP contribution in [0.5, 0.6) is 0 Å². The molecule has 2 fully saturated rings. The number of nitrogens with two attached hydrogens (primary N) is 1. The molecule has 7 heterocycles. The Balaban J connectivity index is 0.655. The van der Waals surface area contributed by atoms with Gasteiger partial charge in [0.2, 0.25) is 11.9 Å². The van der Waals surface area contributed by atoms with E-state index < -0.39 is 17.9 Å². The van der Waals surface area contributed by atoms with Crippen LogP contribution >= 0.6 is 11.6 Å². The molecule has 8 aromatic rings. The molecule has 0 aliphatic carbocycles. The van der Waals surface area contributed by atoms with E-state index in [9.17, 15) is 29.5 Å². The molecule has 3 aromatic carbocycles. The normalized spacial score (nSPS) is 15.7. The van der Waals surface area contributed by atoms with Gasteiger partial charge in [0.15, 0.2) is 0 Å². The lowest BCUT2D eigenvalue weighted by Gasteiger charge is -2.32. The molecule has 10 rings (SSSR count). The van der Waals surface area contributed by atoms with Crippen LogP contribution in [0.25, 0.3) is 33.8 Å². The van der Waals surface area contributed by atoms with Gasteiger partial charge in [0.05, 0.1) is 63.8 Å². The third kappa shape index (κ3) is 13.6. The number of amides is 3. The van der Waals surface area contributed by atoms with E-state index in [4.69, 9.17) is 22.3 Å². The minimum absolute atomic E-state index is 0.0116. The Morgan fingerprint density at radius 2 is 1.46 bits per heavy atom. The number of nitrogen functional groups attached to an aromatic ring is 1. The molecule has 0 radical (unpaired) electrons. The summed E-state index contributed by atoms with van der Waals surface area (Å²) in [5, 5.41) is 40.5. The highest BCUT2D eigenvalue weighted by atomic mass is 35.5. The van der Waals surface area contributed by atoms with Crippen LogP contribution < -0.4 is 27.0 Å². The predicted molar refractivity (Wildman–Crippen MR) is 318 cm³/mol. The van der Waals surface area contributed by atoms with E-state index in [0.29, 0.717) is 96.8 Å². The summed E-state index contributed by atoms with van der Waals surface area (Å²) in [7, 11) is 0. The summed E-state index contributed by atoms with van der Waals surface area (Å²) in [4.78, 5) is 78.7. The SMILES string of the molecule is Cc1c(C#N)cccc1-c1cc(-c2cn(Cc3cccc(C(C)N4CCC(C(=O)NCCNCc5ccc(C(=O)Nc6cccc(-c7cccc(NC(=O)c8ccc(CN9CCCC[C@H]9C(=O)O)cn8)c7Cl)c6C)nc5)C4)n3)nn2)nc(N)n1. The van der Waals surface area contributed by atoms with Gasteiger partial charge in [0, 0.05) is 68.0 Å². The monoisotopic (exact) mass is 1150 g/mol. The van der Waals surface area contributed by atoms with E-state index in [1.165, 1.54) is 0 Å². The molecule has 3 atom stereocenters. The lowest BCUT2D eigenvalue weighted by atomic mass is 9.98. The fourth-order valence-corrected chi connectivity index (χ4v) is 11.0. The molecule has 5 aromatic heterocycles. The molecular formula is C62H63ClN16O5. The third-order valence-electron chi connectivity index (χ3n) is 15.4. The fourth-order valence-electron chi connectivity index (χ4n) is 10.7. The van der Waals surface area contributed by atoms with Crippen molar-refractivity contribution >= 4 is 52.6 Å². The van der Waals surface area contributed by atoms with Gasteiger partial charge in [-0.15, -0.1) is 5.10 Å². The first-order chi connectivity index (χ1) is 40.7. The van der Waals surface area contributed by atoms with Crippen molar-refractivity contribution in [2.24, 2.45) is 5.92 Å². The summed E-state index contributed by atoms with van der Waals surface area (Å²) in [5.74, 6) is -1.72. The molecule has 2 aliphatic heterocycles. The van der Waals surface area contributed by atoms with Gasteiger partial charge in [0.25, 0.3) is 11.8 Å². The summed E-state index contributed by atoms with van der Waals surface area (Å²) < 4.78 is 1.70. The number of carboxylic acid groups (broad SMARTS) is 1. The molecule has 428 valence electrons. The number of carboxylic acids is 1. The molecule has 21 nitrogen and oxygen atoms in total. The highest BCUT2D eigenvalue weighted by Crippen LogP contribution is 2.38. The van der Waals surface area contributed by atoms with Gasteiger partial charge in [-0.05, 0) is 129 Å². The minimum atomic E-state index is -0.828. The zero-order chi connectivity index (χ0) is 58.9. The zero-order valence-corrected chi connectivity index (χ0v) is 47.5. The summed E-state index contributed by atoms with van der Waals surface area (Å²) in [6.07, 6.45) is 8.20. The maximum atomic E-state index is 13.5. The van der Waals surface area contributed by atoms with Crippen molar-refractivity contribution in [1.82, 2.24) is 60.3 Å². The Morgan fingerprint density at radius 3 is 2.21 bits per heavy atom.